The topological polar surface area (TPSA) is 33.0 Å². The minimum absolute atomic E-state index is 0.692. The zero-order chi connectivity index (χ0) is 17.0. The Balaban J connectivity index is 1.56. The molecule has 0 unspecified atom stereocenters. The number of rotatable bonds is 9. The Bertz CT molecular complexity index is 518. The van der Waals surface area contributed by atoms with Crippen molar-refractivity contribution in [3.8, 4) is 6.07 Å². The van der Waals surface area contributed by atoms with Crippen LogP contribution in [0.2, 0.25) is 0 Å². The minimum atomic E-state index is 0.692. The van der Waals surface area contributed by atoms with Crippen molar-refractivity contribution in [1.82, 2.24) is 0 Å². The monoisotopic (exact) mass is 325 g/mol. The number of allylic oxidation sites excluding steroid dienone is 2. The third kappa shape index (κ3) is 6.49. The van der Waals surface area contributed by atoms with Crippen LogP contribution in [0.4, 0.5) is 0 Å². The van der Waals surface area contributed by atoms with Gasteiger partial charge in [-0.05, 0) is 87.8 Å². The Morgan fingerprint density at radius 1 is 1.08 bits per heavy atom. The van der Waals surface area contributed by atoms with Gasteiger partial charge in [-0.3, -0.25) is 0 Å². The van der Waals surface area contributed by atoms with E-state index in [0.717, 1.165) is 37.5 Å². The van der Waals surface area contributed by atoms with Gasteiger partial charge in [0.1, 0.15) is 0 Å². The smallest absolute Gasteiger partial charge is 0.0991 e. The Morgan fingerprint density at radius 2 is 1.79 bits per heavy atom. The molecule has 0 heterocycles. The number of nitrogens with zero attached hydrogens (tertiary/aromatic N) is 1. The van der Waals surface area contributed by atoms with E-state index in [2.05, 4.69) is 37.3 Å². The molecule has 1 fully saturated rings. The molecule has 1 aromatic carbocycles. The molecule has 0 bridgehead atoms. The molecule has 2 nitrogen and oxygen atoms in total. The molecule has 0 spiro atoms. The summed E-state index contributed by atoms with van der Waals surface area (Å²) in [6, 6.07) is 10.4. The van der Waals surface area contributed by atoms with Crippen LogP contribution in [0.5, 0.6) is 0 Å². The molecular formula is C22H31NO. The molecule has 24 heavy (non-hydrogen) atoms. The Hall–Kier alpha value is -1.59. The molecule has 0 atom stereocenters. The van der Waals surface area contributed by atoms with Crippen LogP contribution in [0, 0.1) is 17.2 Å². The quantitative estimate of drug-likeness (QED) is 0.413. The van der Waals surface area contributed by atoms with Gasteiger partial charge in [0.05, 0.1) is 11.6 Å². The van der Waals surface area contributed by atoms with Gasteiger partial charge in [0, 0.05) is 13.2 Å². The van der Waals surface area contributed by atoms with E-state index < -0.39 is 0 Å². The van der Waals surface area contributed by atoms with E-state index in [9.17, 15) is 0 Å². The summed E-state index contributed by atoms with van der Waals surface area (Å²) in [5.41, 5.74) is 2.18. The van der Waals surface area contributed by atoms with Gasteiger partial charge in [0.25, 0.3) is 0 Å². The van der Waals surface area contributed by atoms with Gasteiger partial charge in [0.2, 0.25) is 0 Å². The van der Waals surface area contributed by atoms with E-state index in [4.69, 9.17) is 10.00 Å². The Kier molecular flexibility index (Phi) is 8.63. The number of unbranched alkanes of at least 4 members (excludes halogenated alkanes) is 1. The van der Waals surface area contributed by atoms with Crippen molar-refractivity contribution < 1.29 is 4.74 Å². The molecule has 1 aliphatic rings. The van der Waals surface area contributed by atoms with Crippen LogP contribution in [0.25, 0.3) is 0 Å². The molecule has 0 aliphatic heterocycles. The molecule has 1 aromatic rings. The van der Waals surface area contributed by atoms with E-state index in [0.29, 0.717) is 5.92 Å². The highest BCUT2D eigenvalue weighted by molar-refractivity contribution is 5.33. The summed E-state index contributed by atoms with van der Waals surface area (Å²) in [4.78, 5) is 0. The van der Waals surface area contributed by atoms with Crippen LogP contribution in [0.3, 0.4) is 0 Å². The van der Waals surface area contributed by atoms with Gasteiger partial charge in [-0.1, -0.05) is 24.3 Å². The number of ether oxygens (including phenoxy) is 1. The van der Waals surface area contributed by atoms with Crippen LogP contribution in [0.15, 0.2) is 36.4 Å². The number of benzene rings is 1. The zero-order valence-electron chi connectivity index (χ0n) is 15.0. The summed E-state index contributed by atoms with van der Waals surface area (Å²) in [5, 5.41) is 8.88. The van der Waals surface area contributed by atoms with Crippen LogP contribution in [-0.4, -0.2) is 13.2 Å². The van der Waals surface area contributed by atoms with E-state index in [1.54, 1.807) is 0 Å². The van der Waals surface area contributed by atoms with Gasteiger partial charge in [0.15, 0.2) is 0 Å². The molecule has 0 aromatic heterocycles. The standard InChI is InChI=1S/C22H31NO/c1-2-3-4-5-16-24-17-6-7-19-8-12-21(13-9-19)22-14-10-20(18-23)11-15-22/h2-3,10-11,14-15,19,21H,4-9,12-13,16-17H2,1H3. The second-order valence-electron chi connectivity index (χ2n) is 6.92. The van der Waals surface area contributed by atoms with E-state index in [1.807, 2.05) is 12.1 Å². The predicted octanol–water partition coefficient (Wildman–Crippen LogP) is 5.99. The van der Waals surface area contributed by atoms with Gasteiger partial charge in [-0.2, -0.15) is 5.26 Å². The SMILES string of the molecule is CC=CCCCOCCCC1CCC(c2ccc(C#N)cc2)CC1. The van der Waals surface area contributed by atoms with Gasteiger partial charge < -0.3 is 4.74 Å². The highest BCUT2D eigenvalue weighted by Gasteiger charge is 2.21. The highest BCUT2D eigenvalue weighted by atomic mass is 16.5. The molecule has 1 saturated carbocycles. The van der Waals surface area contributed by atoms with Crippen molar-refractivity contribution >= 4 is 0 Å². The summed E-state index contributed by atoms with van der Waals surface area (Å²) < 4.78 is 5.72. The maximum atomic E-state index is 8.88. The molecule has 130 valence electrons. The average molecular weight is 325 g/mol. The number of nitriles is 1. The van der Waals surface area contributed by atoms with Gasteiger partial charge in [-0.15, -0.1) is 0 Å². The summed E-state index contributed by atoms with van der Waals surface area (Å²) in [6.07, 6.45) is 14.4. The molecule has 0 saturated heterocycles. The molecule has 2 rings (SSSR count). The van der Waals surface area contributed by atoms with Crippen molar-refractivity contribution in [2.24, 2.45) is 5.92 Å². The fraction of sp³-hybridized carbons (Fsp3) is 0.591. The predicted molar refractivity (Wildman–Crippen MR) is 100.0 cm³/mol. The summed E-state index contributed by atoms with van der Waals surface area (Å²) in [7, 11) is 0. The third-order valence-electron chi connectivity index (χ3n) is 5.15. The van der Waals surface area contributed by atoms with Crippen LogP contribution < -0.4 is 0 Å². The Morgan fingerprint density at radius 3 is 2.46 bits per heavy atom. The molecule has 0 amide bonds. The van der Waals surface area contributed by atoms with E-state index in [-0.39, 0.29) is 0 Å². The van der Waals surface area contributed by atoms with Gasteiger partial charge in [-0.25, -0.2) is 0 Å². The lowest BCUT2D eigenvalue weighted by Crippen LogP contribution is -2.14. The third-order valence-corrected chi connectivity index (χ3v) is 5.15. The number of hydrogen-bond donors (Lipinski definition) is 0. The second kappa shape index (κ2) is 11.0. The Labute approximate surface area is 147 Å². The maximum Gasteiger partial charge on any atom is 0.0991 e. The van der Waals surface area contributed by atoms with Crippen LogP contribution in [-0.2, 0) is 4.74 Å². The first kappa shape index (κ1) is 18.7. The average Bonchev–Trinajstić information content (AvgIpc) is 2.64. The summed E-state index contributed by atoms with van der Waals surface area (Å²) in [6.45, 7) is 3.89. The molecule has 1 aliphatic carbocycles. The first-order valence-electron chi connectivity index (χ1n) is 9.52. The van der Waals surface area contributed by atoms with E-state index >= 15 is 0 Å². The lowest BCUT2D eigenvalue weighted by Gasteiger charge is -2.28. The van der Waals surface area contributed by atoms with Crippen molar-refractivity contribution in [3.63, 3.8) is 0 Å². The lowest BCUT2D eigenvalue weighted by atomic mass is 9.77. The lowest BCUT2D eigenvalue weighted by molar-refractivity contribution is 0.122. The van der Waals surface area contributed by atoms with E-state index in [1.165, 1.54) is 44.1 Å². The van der Waals surface area contributed by atoms with Crippen molar-refractivity contribution in [3.05, 3.63) is 47.5 Å². The zero-order valence-corrected chi connectivity index (χ0v) is 15.0. The van der Waals surface area contributed by atoms with Crippen molar-refractivity contribution in [2.75, 3.05) is 13.2 Å². The first-order chi connectivity index (χ1) is 11.8. The second-order valence-corrected chi connectivity index (χ2v) is 6.92. The maximum absolute atomic E-state index is 8.88. The van der Waals surface area contributed by atoms with Crippen LogP contribution >= 0.6 is 0 Å². The minimum Gasteiger partial charge on any atom is -0.381 e. The summed E-state index contributed by atoms with van der Waals surface area (Å²) in [5.74, 6) is 1.57. The molecule has 0 radical (unpaired) electrons. The van der Waals surface area contributed by atoms with Crippen molar-refractivity contribution in [1.29, 1.82) is 5.26 Å². The molecular weight excluding hydrogens is 294 g/mol. The fourth-order valence-electron chi connectivity index (χ4n) is 3.66. The largest absolute Gasteiger partial charge is 0.381 e. The van der Waals surface area contributed by atoms with Crippen molar-refractivity contribution in [2.45, 2.75) is 64.2 Å². The normalized spacial score (nSPS) is 21.0. The molecule has 2 heteroatoms. The summed E-state index contributed by atoms with van der Waals surface area (Å²) >= 11 is 0. The fourth-order valence-corrected chi connectivity index (χ4v) is 3.66. The molecule has 0 N–H and O–H groups in total. The number of hydrogen-bond acceptors (Lipinski definition) is 2. The van der Waals surface area contributed by atoms with Crippen LogP contribution in [0.1, 0.15) is 75.3 Å². The van der Waals surface area contributed by atoms with Gasteiger partial charge >= 0.3 is 0 Å². The highest BCUT2D eigenvalue weighted by Crippen LogP contribution is 2.37. The first-order valence-corrected chi connectivity index (χ1v) is 9.52.